The molecule has 11 heavy (non-hydrogen) atoms. The van der Waals surface area contributed by atoms with E-state index in [4.69, 9.17) is 0 Å². The largest absolute Gasteiger partial charge is 0.212 e. The Morgan fingerprint density at radius 1 is 1.36 bits per heavy atom. The van der Waals surface area contributed by atoms with E-state index in [-0.39, 0.29) is 16.8 Å². The van der Waals surface area contributed by atoms with Crippen molar-refractivity contribution in [2.75, 3.05) is 0 Å². The summed E-state index contributed by atoms with van der Waals surface area (Å²) in [5.41, 5.74) is -0.00926. The summed E-state index contributed by atoms with van der Waals surface area (Å²) in [5, 5.41) is 1.01. The fourth-order valence-electron chi connectivity index (χ4n) is 0.663. The van der Waals surface area contributed by atoms with Gasteiger partial charge in [0.25, 0.3) is 0 Å². The minimum absolute atomic E-state index is 0.00926. The van der Waals surface area contributed by atoms with Gasteiger partial charge in [-0.15, -0.1) is 0 Å². The van der Waals surface area contributed by atoms with Gasteiger partial charge in [-0.05, 0) is 6.07 Å². The van der Waals surface area contributed by atoms with E-state index in [1.807, 2.05) is 0 Å². The van der Waals surface area contributed by atoms with Gasteiger partial charge in [0, 0.05) is 10.9 Å². The number of hydrogen-bond acceptors (Lipinski definition) is 1. The highest BCUT2D eigenvalue weighted by Gasteiger charge is 2.03. The van der Waals surface area contributed by atoms with Crippen molar-refractivity contribution in [1.82, 2.24) is 0 Å². The van der Waals surface area contributed by atoms with Crippen molar-refractivity contribution in [3.05, 3.63) is 35.4 Å². The first-order valence-electron chi connectivity index (χ1n) is 2.81. The SMILES string of the molecule is O=S=Cc1cccc(F)c1F. The molecular weight excluding hydrogens is 170 g/mol. The van der Waals surface area contributed by atoms with Crippen LogP contribution in [0.4, 0.5) is 8.78 Å². The van der Waals surface area contributed by atoms with Gasteiger partial charge in [0.1, 0.15) is 0 Å². The van der Waals surface area contributed by atoms with Crippen LogP contribution in [0.5, 0.6) is 0 Å². The van der Waals surface area contributed by atoms with Crippen LogP contribution in [0.25, 0.3) is 0 Å². The van der Waals surface area contributed by atoms with Crippen LogP contribution in [0.2, 0.25) is 0 Å². The first kappa shape index (κ1) is 8.07. The van der Waals surface area contributed by atoms with Gasteiger partial charge in [-0.3, -0.25) is 0 Å². The molecule has 0 radical (unpaired) electrons. The molecule has 1 aromatic carbocycles. The molecule has 0 aliphatic carbocycles. The first-order valence-corrected chi connectivity index (χ1v) is 3.62. The maximum atomic E-state index is 12.6. The van der Waals surface area contributed by atoms with Gasteiger partial charge in [0.15, 0.2) is 11.6 Å². The van der Waals surface area contributed by atoms with Crippen molar-refractivity contribution in [2.45, 2.75) is 0 Å². The van der Waals surface area contributed by atoms with Gasteiger partial charge in [-0.25, -0.2) is 13.0 Å². The summed E-state index contributed by atoms with van der Waals surface area (Å²) in [4.78, 5) is 0. The van der Waals surface area contributed by atoms with Gasteiger partial charge < -0.3 is 0 Å². The van der Waals surface area contributed by atoms with Crippen LogP contribution in [-0.4, -0.2) is 9.58 Å². The Balaban J connectivity index is 3.26. The zero-order valence-electron chi connectivity index (χ0n) is 5.38. The molecule has 0 heterocycles. The summed E-state index contributed by atoms with van der Waals surface area (Å²) < 4.78 is 35.0. The highest BCUT2D eigenvalue weighted by Crippen LogP contribution is 2.08. The minimum atomic E-state index is -0.976. The minimum Gasteiger partial charge on any atom is -0.212 e. The second-order valence-electron chi connectivity index (χ2n) is 1.86. The van der Waals surface area contributed by atoms with Crippen molar-refractivity contribution >= 4 is 16.6 Å². The molecule has 0 spiro atoms. The zero-order valence-corrected chi connectivity index (χ0v) is 6.20. The van der Waals surface area contributed by atoms with E-state index in [1.165, 1.54) is 12.1 Å². The van der Waals surface area contributed by atoms with Crippen LogP contribution < -0.4 is 0 Å². The third kappa shape index (κ3) is 1.71. The molecule has 58 valence electrons. The molecule has 1 nitrogen and oxygen atoms in total. The molecule has 0 aliphatic heterocycles. The Morgan fingerprint density at radius 3 is 2.73 bits per heavy atom. The molecule has 0 aromatic heterocycles. The van der Waals surface area contributed by atoms with E-state index >= 15 is 0 Å². The average Bonchev–Trinajstić information content (AvgIpc) is 1.99. The van der Waals surface area contributed by atoms with E-state index in [2.05, 4.69) is 0 Å². The van der Waals surface area contributed by atoms with Gasteiger partial charge in [-0.1, -0.05) is 12.1 Å². The van der Waals surface area contributed by atoms with E-state index in [0.717, 1.165) is 11.4 Å². The lowest BCUT2D eigenvalue weighted by Gasteiger charge is -1.93. The topological polar surface area (TPSA) is 17.1 Å². The number of hydrogen-bond donors (Lipinski definition) is 0. The average molecular weight is 174 g/mol. The maximum Gasteiger partial charge on any atom is 0.166 e. The van der Waals surface area contributed by atoms with Crippen LogP contribution in [0.15, 0.2) is 18.2 Å². The molecule has 0 fully saturated rings. The summed E-state index contributed by atoms with van der Waals surface area (Å²) in [6.07, 6.45) is 0. The predicted octanol–water partition coefficient (Wildman–Crippen LogP) is 1.33. The summed E-state index contributed by atoms with van der Waals surface area (Å²) >= 11 is 0.0959. The molecule has 0 aliphatic rings. The Hall–Kier alpha value is -1.03. The molecule has 1 rings (SSSR count). The fourth-order valence-corrected chi connectivity index (χ4v) is 0.949. The fraction of sp³-hybridized carbons (Fsp3) is 0. The molecule has 0 bridgehead atoms. The summed E-state index contributed by atoms with van der Waals surface area (Å²) in [6, 6.07) is 3.69. The highest BCUT2D eigenvalue weighted by molar-refractivity contribution is 7.65. The smallest absolute Gasteiger partial charge is 0.166 e. The second-order valence-corrected chi connectivity index (χ2v) is 2.29. The Morgan fingerprint density at radius 2 is 2.09 bits per heavy atom. The van der Waals surface area contributed by atoms with Crippen molar-refractivity contribution in [3.63, 3.8) is 0 Å². The van der Waals surface area contributed by atoms with E-state index in [0.29, 0.717) is 0 Å². The van der Waals surface area contributed by atoms with Gasteiger partial charge >= 0.3 is 0 Å². The molecular formula is C7H4F2OS. The Bertz CT molecular complexity index is 318. The molecule has 0 saturated carbocycles. The van der Waals surface area contributed by atoms with Crippen molar-refractivity contribution in [2.24, 2.45) is 0 Å². The second kappa shape index (κ2) is 3.39. The summed E-state index contributed by atoms with van der Waals surface area (Å²) in [6.45, 7) is 0. The normalized spacial score (nSPS) is 9.27. The molecule has 0 N–H and O–H groups in total. The van der Waals surface area contributed by atoms with Crippen LogP contribution in [0.1, 0.15) is 5.56 Å². The number of halogens is 2. The monoisotopic (exact) mass is 174 g/mol. The third-order valence-electron chi connectivity index (χ3n) is 1.16. The lowest BCUT2D eigenvalue weighted by atomic mass is 10.2. The molecule has 0 atom stereocenters. The zero-order chi connectivity index (χ0) is 8.27. The van der Waals surface area contributed by atoms with Crippen LogP contribution in [0, 0.1) is 11.6 Å². The molecule has 0 amide bonds. The molecule has 0 saturated heterocycles. The summed E-state index contributed by atoms with van der Waals surface area (Å²) in [7, 11) is 0. The summed E-state index contributed by atoms with van der Waals surface area (Å²) in [5.74, 6) is -1.91. The van der Waals surface area contributed by atoms with Crippen molar-refractivity contribution in [3.8, 4) is 0 Å². The lowest BCUT2D eigenvalue weighted by molar-refractivity contribution is 0.507. The number of rotatable bonds is 1. The van der Waals surface area contributed by atoms with Gasteiger partial charge in [-0.2, -0.15) is 0 Å². The Kier molecular flexibility index (Phi) is 2.48. The third-order valence-corrected chi connectivity index (χ3v) is 1.51. The van der Waals surface area contributed by atoms with Crippen molar-refractivity contribution in [1.29, 1.82) is 0 Å². The van der Waals surface area contributed by atoms with E-state index in [9.17, 15) is 13.0 Å². The Labute approximate surface area is 65.7 Å². The van der Waals surface area contributed by atoms with E-state index in [1.54, 1.807) is 0 Å². The molecule has 4 heteroatoms. The highest BCUT2D eigenvalue weighted by atomic mass is 32.1. The molecule has 0 unspecified atom stereocenters. The predicted molar refractivity (Wildman–Crippen MR) is 39.7 cm³/mol. The van der Waals surface area contributed by atoms with Crippen LogP contribution in [-0.2, 0) is 11.3 Å². The maximum absolute atomic E-state index is 12.6. The standard InChI is InChI=1S/C7H4F2OS/c8-6-3-1-2-5(4-11-10)7(6)9/h1-4H. The quantitative estimate of drug-likeness (QED) is 0.587. The van der Waals surface area contributed by atoms with Gasteiger partial charge in [0.05, 0.1) is 11.3 Å². The first-order chi connectivity index (χ1) is 5.25. The van der Waals surface area contributed by atoms with Crippen LogP contribution in [0.3, 0.4) is 0 Å². The van der Waals surface area contributed by atoms with Gasteiger partial charge in [0.2, 0.25) is 0 Å². The van der Waals surface area contributed by atoms with Crippen molar-refractivity contribution < 1.29 is 13.0 Å². The number of benzene rings is 1. The lowest BCUT2D eigenvalue weighted by Crippen LogP contribution is -1.91. The van der Waals surface area contributed by atoms with E-state index < -0.39 is 11.6 Å². The van der Waals surface area contributed by atoms with Crippen LogP contribution >= 0.6 is 0 Å². The molecule has 1 aromatic rings.